The lowest BCUT2D eigenvalue weighted by Crippen LogP contribution is -2.52. The van der Waals surface area contributed by atoms with Gasteiger partial charge in [-0.1, -0.05) is 0 Å². The second kappa shape index (κ2) is 5.40. The van der Waals surface area contributed by atoms with Crippen LogP contribution >= 0.6 is 11.6 Å². The molecule has 0 saturated carbocycles. The number of nitrogens with one attached hydrogen (secondary N) is 1. The van der Waals surface area contributed by atoms with Crippen molar-refractivity contribution in [1.82, 2.24) is 10.2 Å². The van der Waals surface area contributed by atoms with Crippen LogP contribution < -0.4 is 11.1 Å². The largest absolute Gasteiger partial charge is 0.369 e. The summed E-state index contributed by atoms with van der Waals surface area (Å²) in [6.45, 7) is 5.96. The summed E-state index contributed by atoms with van der Waals surface area (Å²) in [7, 11) is 0. The molecule has 2 atom stereocenters. The van der Waals surface area contributed by atoms with E-state index in [0.717, 1.165) is 5.57 Å². The third kappa shape index (κ3) is 2.72. The van der Waals surface area contributed by atoms with Crippen molar-refractivity contribution in [3.05, 3.63) is 11.3 Å². The van der Waals surface area contributed by atoms with E-state index in [0.29, 0.717) is 18.1 Å². The summed E-state index contributed by atoms with van der Waals surface area (Å²) in [5.74, 6) is -0.552. The summed E-state index contributed by atoms with van der Waals surface area (Å²) in [6.07, 6.45) is 0. The van der Waals surface area contributed by atoms with E-state index in [-0.39, 0.29) is 12.1 Å². The summed E-state index contributed by atoms with van der Waals surface area (Å²) >= 11 is 5.65. The van der Waals surface area contributed by atoms with Gasteiger partial charge in [-0.2, -0.15) is 0 Å². The van der Waals surface area contributed by atoms with Crippen molar-refractivity contribution < 1.29 is 9.59 Å². The third-order valence-corrected chi connectivity index (χ3v) is 3.38. The lowest BCUT2D eigenvalue weighted by molar-refractivity contribution is -0.120. The molecule has 17 heavy (non-hydrogen) atoms. The molecule has 1 heterocycles. The lowest BCUT2D eigenvalue weighted by Gasteiger charge is -2.37. The number of carbonyl (C=O) groups is 2. The van der Waals surface area contributed by atoms with Crippen molar-refractivity contribution in [3.63, 3.8) is 0 Å². The predicted octanol–water partition coefficient (Wildman–Crippen LogP) is 1.03. The van der Waals surface area contributed by atoms with Crippen molar-refractivity contribution in [2.45, 2.75) is 26.8 Å². The molecule has 0 aromatic heterocycles. The van der Waals surface area contributed by atoms with E-state index >= 15 is 0 Å². The number of amides is 3. The van der Waals surface area contributed by atoms with E-state index in [1.807, 2.05) is 13.8 Å². The predicted molar refractivity (Wildman–Crippen MR) is 66.5 cm³/mol. The van der Waals surface area contributed by atoms with Gasteiger partial charge in [0.15, 0.2) is 0 Å². The van der Waals surface area contributed by atoms with Gasteiger partial charge in [0.25, 0.3) is 0 Å². The Labute approximate surface area is 106 Å². The number of hydrogen-bond donors (Lipinski definition) is 2. The third-order valence-electron chi connectivity index (χ3n) is 3.21. The van der Waals surface area contributed by atoms with Crippen LogP contribution in [0.4, 0.5) is 4.79 Å². The summed E-state index contributed by atoms with van der Waals surface area (Å²) in [5.41, 5.74) is 6.81. The van der Waals surface area contributed by atoms with Crippen molar-refractivity contribution in [2.75, 3.05) is 12.4 Å². The van der Waals surface area contributed by atoms with Gasteiger partial charge in [-0.3, -0.25) is 4.79 Å². The van der Waals surface area contributed by atoms with Gasteiger partial charge >= 0.3 is 6.03 Å². The van der Waals surface area contributed by atoms with Crippen LogP contribution in [0.5, 0.6) is 0 Å². The fourth-order valence-electron chi connectivity index (χ4n) is 1.90. The number of hydrogen-bond acceptors (Lipinski definition) is 2. The van der Waals surface area contributed by atoms with Crippen molar-refractivity contribution in [2.24, 2.45) is 11.7 Å². The maximum Gasteiger partial charge on any atom is 0.322 e. The van der Waals surface area contributed by atoms with Gasteiger partial charge in [0.1, 0.15) is 0 Å². The van der Waals surface area contributed by atoms with E-state index < -0.39 is 11.8 Å². The van der Waals surface area contributed by atoms with E-state index in [9.17, 15) is 9.59 Å². The molecule has 0 spiro atoms. The molecule has 1 aliphatic heterocycles. The number of nitrogens with zero attached hydrogens (tertiary/aromatic N) is 1. The molecular formula is C11H18ClN3O2. The highest BCUT2D eigenvalue weighted by Crippen LogP contribution is 2.23. The zero-order chi connectivity index (χ0) is 13.2. The molecule has 0 fully saturated rings. The van der Waals surface area contributed by atoms with Crippen LogP contribution in [-0.2, 0) is 4.79 Å². The van der Waals surface area contributed by atoms with Gasteiger partial charge in [-0.25, -0.2) is 4.79 Å². The van der Waals surface area contributed by atoms with Crippen molar-refractivity contribution in [1.29, 1.82) is 0 Å². The van der Waals surface area contributed by atoms with E-state index in [4.69, 9.17) is 17.3 Å². The molecule has 3 amide bonds. The van der Waals surface area contributed by atoms with Crippen LogP contribution in [0.2, 0.25) is 0 Å². The van der Waals surface area contributed by atoms with E-state index in [1.54, 1.807) is 11.8 Å². The van der Waals surface area contributed by atoms with Crippen LogP contribution in [0.15, 0.2) is 11.3 Å². The van der Waals surface area contributed by atoms with E-state index in [1.165, 1.54) is 0 Å². The second-order valence-electron chi connectivity index (χ2n) is 4.21. The van der Waals surface area contributed by atoms with Crippen molar-refractivity contribution >= 4 is 23.5 Å². The van der Waals surface area contributed by atoms with Gasteiger partial charge in [0.05, 0.1) is 12.0 Å². The minimum absolute atomic E-state index is 0.0701. The Morgan fingerprint density at radius 3 is 2.71 bits per heavy atom. The number of carbonyl (C=O) groups excluding carboxylic acids is 2. The first-order chi connectivity index (χ1) is 7.90. The average molecular weight is 260 g/mol. The first-order valence-electron chi connectivity index (χ1n) is 5.53. The van der Waals surface area contributed by atoms with E-state index in [2.05, 4.69) is 5.32 Å². The molecule has 3 N–H and O–H groups in total. The second-order valence-corrected chi connectivity index (χ2v) is 4.59. The highest BCUT2D eigenvalue weighted by molar-refractivity contribution is 6.18. The molecule has 1 unspecified atom stereocenters. The molecule has 0 bridgehead atoms. The van der Waals surface area contributed by atoms with Gasteiger partial charge in [0, 0.05) is 18.1 Å². The topological polar surface area (TPSA) is 75.4 Å². The quantitative estimate of drug-likeness (QED) is 0.740. The Morgan fingerprint density at radius 1 is 1.65 bits per heavy atom. The maximum absolute atomic E-state index is 11.8. The summed E-state index contributed by atoms with van der Waals surface area (Å²) in [6, 6.07) is -0.300. The summed E-state index contributed by atoms with van der Waals surface area (Å²) in [5, 5.41) is 2.72. The molecule has 96 valence electrons. The number of nitrogens with two attached hydrogens (primary N) is 1. The number of halogens is 1. The molecule has 0 saturated heterocycles. The smallest absolute Gasteiger partial charge is 0.322 e. The molecule has 0 aliphatic carbocycles. The Kier molecular flexibility index (Phi) is 4.40. The molecule has 5 nitrogen and oxygen atoms in total. The van der Waals surface area contributed by atoms with Gasteiger partial charge < -0.3 is 16.0 Å². The normalized spacial score (nSPS) is 22.5. The average Bonchev–Trinajstić information content (AvgIpc) is 2.28. The first-order valence-corrected chi connectivity index (χ1v) is 6.07. The van der Waals surface area contributed by atoms with Crippen LogP contribution in [-0.4, -0.2) is 35.3 Å². The minimum atomic E-state index is -0.487. The Bertz CT molecular complexity index is 368. The van der Waals surface area contributed by atoms with Gasteiger partial charge in [-0.05, 0) is 26.3 Å². The van der Waals surface area contributed by atoms with Crippen LogP contribution in [0, 0.1) is 5.92 Å². The fraction of sp³-hybridized carbons (Fsp3) is 0.636. The lowest BCUT2D eigenvalue weighted by atomic mass is 9.96. The minimum Gasteiger partial charge on any atom is -0.369 e. The highest BCUT2D eigenvalue weighted by atomic mass is 35.5. The van der Waals surface area contributed by atoms with Crippen LogP contribution in [0.3, 0.4) is 0 Å². The number of alkyl halides is 1. The summed E-state index contributed by atoms with van der Waals surface area (Å²) < 4.78 is 0. The monoisotopic (exact) mass is 259 g/mol. The molecule has 0 aromatic rings. The molecule has 6 heteroatoms. The summed E-state index contributed by atoms with van der Waals surface area (Å²) in [4.78, 5) is 24.7. The Morgan fingerprint density at radius 2 is 2.24 bits per heavy atom. The molecule has 0 aromatic carbocycles. The Balaban J connectivity index is 3.02. The number of primary amides is 1. The SMILES string of the molecule is CC1=C([C@H](C)C(N)=O)NC(=O)N(CCCl)C1C. The molecular weight excluding hydrogens is 242 g/mol. The van der Waals surface area contributed by atoms with Gasteiger partial charge in [0.2, 0.25) is 5.91 Å². The Hall–Kier alpha value is -1.23. The van der Waals surface area contributed by atoms with Crippen molar-refractivity contribution in [3.8, 4) is 0 Å². The zero-order valence-electron chi connectivity index (χ0n) is 10.3. The van der Waals surface area contributed by atoms with Gasteiger partial charge in [-0.15, -0.1) is 11.6 Å². The zero-order valence-corrected chi connectivity index (χ0v) is 11.0. The van der Waals surface area contributed by atoms with Crippen LogP contribution in [0.1, 0.15) is 20.8 Å². The number of rotatable bonds is 4. The number of urea groups is 1. The highest BCUT2D eigenvalue weighted by Gasteiger charge is 2.32. The molecule has 1 aliphatic rings. The first kappa shape index (κ1) is 13.8. The van der Waals surface area contributed by atoms with Crippen LogP contribution in [0.25, 0.3) is 0 Å². The fourth-order valence-corrected chi connectivity index (χ4v) is 2.08. The standard InChI is InChI=1S/C11H18ClN3O2/c1-6-8(3)15(5-4-12)11(17)14-9(6)7(2)10(13)16/h7-8H,4-5H2,1-3H3,(H2,13,16)(H,14,17)/t7-,8?/m0/s1. The molecule has 0 radical (unpaired) electrons. The maximum atomic E-state index is 11.8. The molecule has 1 rings (SSSR count).